The van der Waals surface area contributed by atoms with Crippen molar-refractivity contribution in [2.24, 2.45) is 0 Å². The van der Waals surface area contributed by atoms with Crippen molar-refractivity contribution in [3.8, 4) is 28.5 Å². The van der Waals surface area contributed by atoms with Crippen LogP contribution in [0.2, 0.25) is 0 Å². The zero-order valence-corrected chi connectivity index (χ0v) is 21.2. The van der Waals surface area contributed by atoms with Crippen molar-refractivity contribution >= 4 is 21.4 Å². The van der Waals surface area contributed by atoms with Crippen LogP contribution in [-0.2, 0) is 16.4 Å². The molecule has 1 saturated heterocycles. The number of benzene rings is 3. The maximum absolute atomic E-state index is 12.9. The average molecular weight is 518 g/mol. The summed E-state index contributed by atoms with van der Waals surface area (Å²) in [6.07, 6.45) is 0. The standard InChI is InChI=1S/C27H27N5O4S/c1-36-24-11-7-21(8-12-24)26-29-25(30-31-26)20-5-9-23(10-6-20)28-27(33)22-4-2-3-19(17-22)18-32-13-15-37(34,35)16-14-32/h2-12,17H,13-16,18H2,1H3,(H,28,33)(H,29,30,31). The molecule has 4 aromatic rings. The lowest BCUT2D eigenvalue weighted by molar-refractivity contribution is 0.102. The monoisotopic (exact) mass is 517 g/mol. The zero-order valence-electron chi connectivity index (χ0n) is 20.3. The number of hydrogen-bond acceptors (Lipinski definition) is 7. The number of aromatic nitrogens is 3. The van der Waals surface area contributed by atoms with Crippen molar-refractivity contribution in [1.82, 2.24) is 20.1 Å². The van der Waals surface area contributed by atoms with Crippen molar-refractivity contribution < 1.29 is 17.9 Å². The maximum Gasteiger partial charge on any atom is 0.255 e. The summed E-state index contributed by atoms with van der Waals surface area (Å²) in [5, 5.41) is 10.2. The Hall–Kier alpha value is -4.02. The van der Waals surface area contributed by atoms with Gasteiger partial charge in [0.05, 0.1) is 18.6 Å². The largest absolute Gasteiger partial charge is 0.497 e. The first-order chi connectivity index (χ1) is 17.9. The molecule has 1 amide bonds. The van der Waals surface area contributed by atoms with Crippen molar-refractivity contribution in [2.45, 2.75) is 6.54 Å². The van der Waals surface area contributed by atoms with Gasteiger partial charge in [0, 0.05) is 42.0 Å². The number of methoxy groups -OCH3 is 1. The number of amides is 1. The van der Waals surface area contributed by atoms with E-state index < -0.39 is 9.84 Å². The molecule has 2 N–H and O–H groups in total. The first-order valence-corrected chi connectivity index (χ1v) is 13.7. The van der Waals surface area contributed by atoms with Gasteiger partial charge in [0.25, 0.3) is 5.91 Å². The Morgan fingerprint density at radius 3 is 2.41 bits per heavy atom. The van der Waals surface area contributed by atoms with Crippen LogP contribution in [0, 0.1) is 0 Å². The molecule has 0 unspecified atom stereocenters. The molecule has 1 aromatic heterocycles. The van der Waals surface area contributed by atoms with Gasteiger partial charge >= 0.3 is 0 Å². The summed E-state index contributed by atoms with van der Waals surface area (Å²) in [7, 11) is -1.30. The number of nitrogens with one attached hydrogen (secondary N) is 2. The molecule has 3 aromatic carbocycles. The van der Waals surface area contributed by atoms with E-state index in [9.17, 15) is 13.2 Å². The Bertz CT molecular complexity index is 1480. The highest BCUT2D eigenvalue weighted by Crippen LogP contribution is 2.23. The molecule has 37 heavy (non-hydrogen) atoms. The summed E-state index contributed by atoms with van der Waals surface area (Å²) in [5.74, 6) is 2.13. The highest BCUT2D eigenvalue weighted by molar-refractivity contribution is 7.91. The topological polar surface area (TPSA) is 117 Å². The second kappa shape index (κ2) is 10.5. The van der Waals surface area contributed by atoms with Crippen LogP contribution >= 0.6 is 0 Å². The zero-order chi connectivity index (χ0) is 25.8. The number of aromatic amines is 1. The summed E-state index contributed by atoms with van der Waals surface area (Å²) in [6, 6.07) is 22.3. The van der Waals surface area contributed by atoms with Gasteiger partial charge in [0.15, 0.2) is 21.5 Å². The maximum atomic E-state index is 12.9. The molecule has 0 radical (unpaired) electrons. The number of sulfone groups is 1. The molecule has 1 aliphatic heterocycles. The molecule has 0 aliphatic carbocycles. The predicted molar refractivity (Wildman–Crippen MR) is 142 cm³/mol. The molecular formula is C27H27N5O4S. The molecule has 1 fully saturated rings. The van der Waals surface area contributed by atoms with Crippen LogP contribution in [0.1, 0.15) is 15.9 Å². The fourth-order valence-corrected chi connectivity index (χ4v) is 5.43. The fourth-order valence-electron chi connectivity index (χ4n) is 4.15. The lowest BCUT2D eigenvalue weighted by Crippen LogP contribution is -2.39. The Balaban J connectivity index is 1.21. The van der Waals surface area contributed by atoms with Crippen LogP contribution in [0.4, 0.5) is 5.69 Å². The van der Waals surface area contributed by atoms with Gasteiger partial charge < -0.3 is 10.1 Å². The number of carbonyl (C=O) groups is 1. The minimum absolute atomic E-state index is 0.181. The Morgan fingerprint density at radius 2 is 1.70 bits per heavy atom. The van der Waals surface area contributed by atoms with Gasteiger partial charge in [-0.2, -0.15) is 5.10 Å². The number of rotatable bonds is 7. The van der Waals surface area contributed by atoms with Crippen LogP contribution in [0.3, 0.4) is 0 Å². The Kier molecular flexibility index (Phi) is 7.02. The summed E-state index contributed by atoms with van der Waals surface area (Å²) >= 11 is 0. The molecule has 0 spiro atoms. The third-order valence-electron chi connectivity index (χ3n) is 6.28. The van der Waals surface area contributed by atoms with Crippen LogP contribution in [0.5, 0.6) is 5.75 Å². The van der Waals surface area contributed by atoms with Gasteiger partial charge in [-0.1, -0.05) is 12.1 Å². The average Bonchev–Trinajstić information content (AvgIpc) is 3.41. The first-order valence-electron chi connectivity index (χ1n) is 11.9. The smallest absolute Gasteiger partial charge is 0.255 e. The molecule has 0 atom stereocenters. The summed E-state index contributed by atoms with van der Waals surface area (Å²) < 4.78 is 28.5. The van der Waals surface area contributed by atoms with Crippen molar-refractivity contribution in [1.29, 1.82) is 0 Å². The second-order valence-corrected chi connectivity index (χ2v) is 11.2. The number of H-pyrrole nitrogens is 1. The van der Waals surface area contributed by atoms with E-state index >= 15 is 0 Å². The number of anilines is 1. The van der Waals surface area contributed by atoms with Crippen LogP contribution < -0.4 is 10.1 Å². The number of nitrogens with zero attached hydrogens (tertiary/aromatic N) is 3. The normalized spacial score (nSPS) is 15.3. The van der Waals surface area contributed by atoms with E-state index in [1.54, 1.807) is 13.2 Å². The first kappa shape index (κ1) is 24.7. The summed E-state index contributed by atoms with van der Waals surface area (Å²) in [5.41, 5.74) is 3.90. The molecule has 10 heteroatoms. The quantitative estimate of drug-likeness (QED) is 0.384. The minimum Gasteiger partial charge on any atom is -0.497 e. The predicted octanol–water partition coefficient (Wildman–Crippen LogP) is 3.63. The number of ether oxygens (including phenoxy) is 1. The molecule has 2 heterocycles. The van der Waals surface area contributed by atoms with Crippen molar-refractivity contribution in [2.75, 3.05) is 37.0 Å². The van der Waals surface area contributed by atoms with E-state index in [-0.39, 0.29) is 17.4 Å². The molecule has 1 aliphatic rings. The molecule has 190 valence electrons. The van der Waals surface area contributed by atoms with Crippen LogP contribution in [0.25, 0.3) is 22.8 Å². The van der Waals surface area contributed by atoms with Crippen molar-refractivity contribution in [3.63, 3.8) is 0 Å². The minimum atomic E-state index is -2.92. The molecule has 9 nitrogen and oxygen atoms in total. The van der Waals surface area contributed by atoms with E-state index in [0.29, 0.717) is 42.5 Å². The molecule has 5 rings (SSSR count). The lowest BCUT2D eigenvalue weighted by atomic mass is 10.1. The summed E-state index contributed by atoms with van der Waals surface area (Å²) in [6.45, 7) is 1.64. The Labute approximate surface area is 215 Å². The fraction of sp³-hybridized carbons (Fsp3) is 0.222. The number of carbonyl (C=O) groups excluding carboxylic acids is 1. The SMILES string of the molecule is COc1ccc(-c2n[nH]c(-c3ccc(NC(=O)c4cccc(CN5CCS(=O)(=O)CC5)c4)cc3)n2)cc1. The highest BCUT2D eigenvalue weighted by Gasteiger charge is 2.21. The molecule has 0 saturated carbocycles. The van der Waals surface area contributed by atoms with E-state index in [0.717, 1.165) is 22.4 Å². The third kappa shape index (κ3) is 6.04. The summed E-state index contributed by atoms with van der Waals surface area (Å²) in [4.78, 5) is 19.5. The lowest BCUT2D eigenvalue weighted by Gasteiger charge is -2.26. The van der Waals surface area contributed by atoms with E-state index in [1.165, 1.54) is 0 Å². The van der Waals surface area contributed by atoms with Gasteiger partial charge in [-0.05, 0) is 66.2 Å². The van der Waals surface area contributed by atoms with Gasteiger partial charge in [-0.25, -0.2) is 13.4 Å². The number of hydrogen-bond donors (Lipinski definition) is 2. The van der Waals surface area contributed by atoms with E-state index in [2.05, 4.69) is 25.4 Å². The molecule has 0 bridgehead atoms. The van der Waals surface area contributed by atoms with Gasteiger partial charge in [0.1, 0.15) is 5.75 Å². The van der Waals surface area contributed by atoms with Crippen LogP contribution in [-0.4, -0.2) is 66.1 Å². The Morgan fingerprint density at radius 1 is 1.00 bits per heavy atom. The molecular weight excluding hydrogens is 490 g/mol. The van der Waals surface area contributed by atoms with Gasteiger partial charge in [0.2, 0.25) is 0 Å². The van der Waals surface area contributed by atoms with E-state index in [1.807, 2.05) is 66.7 Å². The van der Waals surface area contributed by atoms with Crippen LogP contribution in [0.15, 0.2) is 72.8 Å². The van der Waals surface area contributed by atoms with Gasteiger partial charge in [-0.15, -0.1) is 0 Å². The van der Waals surface area contributed by atoms with Crippen molar-refractivity contribution in [3.05, 3.63) is 83.9 Å². The highest BCUT2D eigenvalue weighted by atomic mass is 32.2. The van der Waals surface area contributed by atoms with Gasteiger partial charge in [-0.3, -0.25) is 14.8 Å². The second-order valence-electron chi connectivity index (χ2n) is 8.90. The third-order valence-corrected chi connectivity index (χ3v) is 7.89. The van der Waals surface area contributed by atoms with E-state index in [4.69, 9.17) is 4.74 Å².